The van der Waals surface area contributed by atoms with Gasteiger partial charge in [0.2, 0.25) is 0 Å². The van der Waals surface area contributed by atoms with Crippen LogP contribution in [0.5, 0.6) is 0 Å². The molecule has 1 fully saturated rings. The first-order valence-electron chi connectivity index (χ1n) is 4.70. The zero-order chi connectivity index (χ0) is 10.3. The molecule has 0 saturated heterocycles. The lowest BCUT2D eigenvalue weighted by molar-refractivity contribution is 0.561. The fourth-order valence-electron chi connectivity index (χ4n) is 1.05. The molecule has 13 heavy (non-hydrogen) atoms. The third-order valence-corrected chi connectivity index (χ3v) is 3.81. The predicted octanol–water partition coefficient (Wildman–Crippen LogP) is 2.57. The Morgan fingerprint density at radius 3 is 2.23 bits per heavy atom. The van der Waals surface area contributed by atoms with E-state index in [0.717, 1.165) is 0 Å². The largest absolute Gasteiger partial charge is 0.591 e. The summed E-state index contributed by atoms with van der Waals surface area (Å²) in [4.78, 5) is 0. The van der Waals surface area contributed by atoms with E-state index in [1.54, 1.807) is 0 Å². The summed E-state index contributed by atoms with van der Waals surface area (Å²) in [5, 5.41) is 0. The van der Waals surface area contributed by atoms with E-state index < -0.39 is 11.4 Å². The van der Waals surface area contributed by atoms with E-state index in [1.165, 1.54) is 6.42 Å². The zero-order valence-electron chi connectivity index (χ0n) is 9.13. The Labute approximate surface area is 84.1 Å². The standard InChI is InChI=1S/C10H19NOS/c1-9(2,3)13(12)11-7-8-6-10(8,4)5/h7-8H,6H2,1-5H3/b11-7+/t8?,13-/m0/s1. The van der Waals surface area contributed by atoms with Gasteiger partial charge >= 0.3 is 0 Å². The van der Waals surface area contributed by atoms with Crippen molar-refractivity contribution in [1.82, 2.24) is 0 Å². The van der Waals surface area contributed by atoms with Gasteiger partial charge in [-0.25, -0.2) is 0 Å². The highest BCUT2D eigenvalue weighted by Crippen LogP contribution is 2.50. The smallest absolute Gasteiger partial charge is 0.144 e. The SMILES string of the molecule is CC1(C)CC1/C=N/[S@@+]([O-])C(C)(C)C. The Bertz CT molecular complexity index is 217. The predicted molar refractivity (Wildman–Crippen MR) is 58.3 cm³/mol. The highest BCUT2D eigenvalue weighted by atomic mass is 32.2. The fraction of sp³-hybridized carbons (Fsp3) is 0.900. The third kappa shape index (κ3) is 2.99. The highest BCUT2D eigenvalue weighted by Gasteiger charge is 2.45. The quantitative estimate of drug-likeness (QED) is 0.499. The van der Waals surface area contributed by atoms with Gasteiger partial charge in [-0.1, -0.05) is 18.2 Å². The zero-order valence-corrected chi connectivity index (χ0v) is 9.94. The van der Waals surface area contributed by atoms with Crippen LogP contribution in [0.25, 0.3) is 0 Å². The second-order valence-corrected chi connectivity index (χ2v) is 7.35. The summed E-state index contributed by atoms with van der Waals surface area (Å²) >= 11 is -1.08. The number of hydrogen-bond donors (Lipinski definition) is 0. The minimum atomic E-state index is -1.08. The molecule has 1 aliphatic rings. The molecule has 1 aliphatic carbocycles. The van der Waals surface area contributed by atoms with Gasteiger partial charge in [0.15, 0.2) is 0 Å². The monoisotopic (exact) mass is 201 g/mol. The van der Waals surface area contributed by atoms with Crippen LogP contribution in [0.1, 0.15) is 41.0 Å². The molecule has 0 radical (unpaired) electrons. The first-order chi connectivity index (χ1) is 5.73. The fourth-order valence-corrected chi connectivity index (χ4v) is 1.62. The van der Waals surface area contributed by atoms with Gasteiger partial charge in [0.25, 0.3) is 0 Å². The molecule has 0 aliphatic heterocycles. The van der Waals surface area contributed by atoms with E-state index in [4.69, 9.17) is 0 Å². The normalized spacial score (nSPS) is 29.2. The van der Waals surface area contributed by atoms with Crippen molar-refractivity contribution in [1.29, 1.82) is 0 Å². The lowest BCUT2D eigenvalue weighted by atomic mass is 10.1. The van der Waals surface area contributed by atoms with Crippen LogP contribution in [-0.4, -0.2) is 15.5 Å². The second kappa shape index (κ2) is 3.28. The Morgan fingerprint density at radius 1 is 1.46 bits per heavy atom. The van der Waals surface area contributed by atoms with E-state index in [9.17, 15) is 4.55 Å². The van der Waals surface area contributed by atoms with Crippen LogP contribution < -0.4 is 0 Å². The molecule has 0 heterocycles. The number of rotatable bonds is 2. The van der Waals surface area contributed by atoms with Crippen LogP contribution in [-0.2, 0) is 11.4 Å². The lowest BCUT2D eigenvalue weighted by Crippen LogP contribution is -2.25. The minimum absolute atomic E-state index is 0.227. The molecule has 0 amide bonds. The molecule has 76 valence electrons. The summed E-state index contributed by atoms with van der Waals surface area (Å²) in [6.45, 7) is 10.3. The molecular weight excluding hydrogens is 182 g/mol. The average Bonchev–Trinajstić information content (AvgIpc) is 2.52. The van der Waals surface area contributed by atoms with Gasteiger partial charge in [-0.3, -0.25) is 0 Å². The summed E-state index contributed by atoms with van der Waals surface area (Å²) in [5.41, 5.74) is 0.394. The van der Waals surface area contributed by atoms with Crippen molar-refractivity contribution in [2.45, 2.75) is 45.8 Å². The Morgan fingerprint density at radius 2 is 1.92 bits per heavy atom. The molecule has 0 aromatic carbocycles. The molecule has 3 heteroatoms. The highest BCUT2D eigenvalue weighted by molar-refractivity contribution is 7.91. The summed E-state index contributed by atoms with van der Waals surface area (Å²) in [6.07, 6.45) is 3.05. The topological polar surface area (TPSA) is 35.4 Å². The third-order valence-electron chi connectivity index (χ3n) is 2.45. The molecule has 0 spiro atoms. The van der Waals surface area contributed by atoms with E-state index in [-0.39, 0.29) is 4.75 Å². The molecule has 2 nitrogen and oxygen atoms in total. The van der Waals surface area contributed by atoms with Crippen molar-refractivity contribution >= 4 is 17.6 Å². The van der Waals surface area contributed by atoms with Crippen LogP contribution in [0.15, 0.2) is 4.40 Å². The Kier molecular flexibility index (Phi) is 2.79. The van der Waals surface area contributed by atoms with E-state index >= 15 is 0 Å². The van der Waals surface area contributed by atoms with E-state index in [2.05, 4.69) is 18.2 Å². The molecular formula is C10H19NOS. The van der Waals surface area contributed by atoms with Crippen molar-refractivity contribution in [2.24, 2.45) is 15.7 Å². The number of hydrogen-bond acceptors (Lipinski definition) is 2. The van der Waals surface area contributed by atoms with Crippen LogP contribution in [0.2, 0.25) is 0 Å². The summed E-state index contributed by atoms with van der Waals surface area (Å²) in [7, 11) is 0. The Hall–Kier alpha value is -0.0200. The van der Waals surface area contributed by atoms with Crippen molar-refractivity contribution in [2.75, 3.05) is 0 Å². The van der Waals surface area contributed by atoms with E-state index in [1.807, 2.05) is 27.0 Å². The van der Waals surface area contributed by atoms with Crippen molar-refractivity contribution in [3.63, 3.8) is 0 Å². The molecule has 1 unspecified atom stereocenters. The summed E-state index contributed by atoms with van der Waals surface area (Å²) < 4.78 is 15.4. The molecule has 0 bridgehead atoms. The van der Waals surface area contributed by atoms with Gasteiger partial charge in [0.1, 0.15) is 16.1 Å². The maximum Gasteiger partial charge on any atom is 0.144 e. The lowest BCUT2D eigenvalue weighted by Gasteiger charge is -2.17. The molecule has 0 N–H and O–H groups in total. The minimum Gasteiger partial charge on any atom is -0.591 e. The first-order valence-corrected chi connectivity index (χ1v) is 5.80. The maximum atomic E-state index is 11.5. The van der Waals surface area contributed by atoms with Crippen LogP contribution in [0.4, 0.5) is 0 Å². The van der Waals surface area contributed by atoms with Crippen LogP contribution in [0, 0.1) is 11.3 Å². The van der Waals surface area contributed by atoms with E-state index in [0.29, 0.717) is 11.3 Å². The second-order valence-electron chi connectivity index (χ2n) is 5.42. The molecule has 0 aromatic rings. The van der Waals surface area contributed by atoms with Crippen molar-refractivity contribution in [3.8, 4) is 0 Å². The summed E-state index contributed by atoms with van der Waals surface area (Å²) in [5.74, 6) is 0.541. The van der Waals surface area contributed by atoms with Crippen molar-refractivity contribution in [3.05, 3.63) is 0 Å². The van der Waals surface area contributed by atoms with Gasteiger partial charge in [-0.2, -0.15) is 0 Å². The summed E-state index contributed by atoms with van der Waals surface area (Å²) in [6, 6.07) is 0. The van der Waals surface area contributed by atoms with Gasteiger partial charge in [-0.05, 0) is 32.6 Å². The van der Waals surface area contributed by atoms with Crippen LogP contribution in [0.3, 0.4) is 0 Å². The molecule has 2 atom stereocenters. The van der Waals surface area contributed by atoms with Crippen LogP contribution >= 0.6 is 0 Å². The van der Waals surface area contributed by atoms with Crippen molar-refractivity contribution < 1.29 is 4.55 Å². The van der Waals surface area contributed by atoms with Gasteiger partial charge < -0.3 is 4.55 Å². The van der Waals surface area contributed by atoms with Gasteiger partial charge in [0.05, 0.1) is 6.21 Å². The molecule has 0 aromatic heterocycles. The average molecular weight is 201 g/mol. The first kappa shape index (κ1) is 11.1. The molecule has 1 rings (SSSR count). The number of nitrogens with zero attached hydrogens (tertiary/aromatic N) is 1. The maximum absolute atomic E-state index is 11.5. The molecule has 1 saturated carbocycles. The Balaban J connectivity index is 2.42. The van der Waals surface area contributed by atoms with Gasteiger partial charge in [0, 0.05) is 5.92 Å². The van der Waals surface area contributed by atoms with Gasteiger partial charge in [-0.15, -0.1) is 0 Å².